The molecule has 3 atom stereocenters. The van der Waals surface area contributed by atoms with Gasteiger partial charge < -0.3 is 5.32 Å². The molecule has 0 saturated heterocycles. The van der Waals surface area contributed by atoms with Crippen molar-refractivity contribution in [3.8, 4) is 0 Å². The van der Waals surface area contributed by atoms with Crippen LogP contribution in [0.5, 0.6) is 0 Å². The lowest BCUT2D eigenvalue weighted by molar-refractivity contribution is -0.120. The molecule has 1 aromatic rings. The lowest BCUT2D eigenvalue weighted by atomic mass is 9.69. The summed E-state index contributed by atoms with van der Waals surface area (Å²) in [5, 5.41) is 15.8. The first kappa shape index (κ1) is 17.7. The number of carbonyl (C=O) groups excluding carboxylic acids is 1. The monoisotopic (exact) mass is 351 g/mol. The maximum Gasteiger partial charge on any atom is 0.230 e. The van der Waals surface area contributed by atoms with Gasteiger partial charge in [0, 0.05) is 6.04 Å². The molecule has 24 heavy (non-hydrogen) atoms. The van der Waals surface area contributed by atoms with Gasteiger partial charge >= 0.3 is 0 Å². The van der Waals surface area contributed by atoms with Crippen LogP contribution < -0.4 is 5.32 Å². The molecule has 1 aromatic heterocycles. The average Bonchev–Trinajstić information content (AvgIpc) is 3.07. The van der Waals surface area contributed by atoms with Gasteiger partial charge in [0.2, 0.25) is 11.1 Å². The molecule has 1 amide bonds. The Labute approximate surface area is 148 Å². The summed E-state index contributed by atoms with van der Waals surface area (Å²) in [5.74, 6) is 1.17. The van der Waals surface area contributed by atoms with Crippen LogP contribution in [0.3, 0.4) is 0 Å². The normalized spacial score (nSPS) is 31.4. The molecule has 0 radical (unpaired) electrons. The SMILES string of the molecule is CC(C)(C)n1nnnc1SCC(=O)NC1CC2CCC1(C)C2(C)C. The molecule has 1 heterocycles. The Bertz CT molecular complexity index is 635. The fourth-order valence-corrected chi connectivity index (χ4v) is 5.35. The van der Waals surface area contributed by atoms with Crippen LogP contribution in [0, 0.1) is 16.7 Å². The number of aromatic nitrogens is 4. The van der Waals surface area contributed by atoms with Gasteiger partial charge in [0.25, 0.3) is 0 Å². The highest BCUT2D eigenvalue weighted by molar-refractivity contribution is 7.99. The molecule has 1 N–H and O–H groups in total. The van der Waals surface area contributed by atoms with E-state index in [4.69, 9.17) is 0 Å². The van der Waals surface area contributed by atoms with Crippen molar-refractivity contribution in [2.24, 2.45) is 16.7 Å². The van der Waals surface area contributed by atoms with Crippen molar-refractivity contribution in [1.29, 1.82) is 0 Å². The maximum atomic E-state index is 12.5. The van der Waals surface area contributed by atoms with E-state index in [0.717, 1.165) is 12.3 Å². The fourth-order valence-electron chi connectivity index (χ4n) is 4.48. The first-order valence-corrected chi connectivity index (χ1v) is 9.75. The molecule has 0 spiro atoms. The van der Waals surface area contributed by atoms with E-state index in [1.807, 2.05) is 20.8 Å². The second-order valence-electron chi connectivity index (χ2n) is 9.06. The van der Waals surface area contributed by atoms with Crippen molar-refractivity contribution < 1.29 is 4.79 Å². The van der Waals surface area contributed by atoms with E-state index in [0.29, 0.717) is 16.3 Å². The van der Waals surface area contributed by atoms with Crippen molar-refractivity contribution >= 4 is 17.7 Å². The molecule has 3 unspecified atom stereocenters. The molecule has 2 aliphatic rings. The summed E-state index contributed by atoms with van der Waals surface area (Å²) in [6.45, 7) is 13.2. The number of tetrazole rings is 1. The van der Waals surface area contributed by atoms with E-state index in [9.17, 15) is 4.79 Å². The number of carbonyl (C=O) groups is 1. The third-order valence-corrected chi connectivity index (χ3v) is 7.46. The quantitative estimate of drug-likeness (QED) is 0.845. The Hall–Kier alpha value is -1.11. The molecule has 6 nitrogen and oxygen atoms in total. The van der Waals surface area contributed by atoms with Gasteiger partial charge in [-0.3, -0.25) is 4.79 Å². The number of nitrogens with one attached hydrogen (secondary N) is 1. The molecule has 2 bridgehead atoms. The van der Waals surface area contributed by atoms with Gasteiger partial charge in [-0.1, -0.05) is 32.5 Å². The number of fused-ring (bicyclic) bond motifs is 2. The predicted molar refractivity (Wildman–Crippen MR) is 94.7 cm³/mol. The van der Waals surface area contributed by atoms with Crippen LogP contribution in [0.4, 0.5) is 0 Å². The molecule has 3 rings (SSSR count). The van der Waals surface area contributed by atoms with Gasteiger partial charge in [-0.05, 0) is 67.2 Å². The Balaban J connectivity index is 1.59. The Morgan fingerprint density at radius 2 is 2.08 bits per heavy atom. The van der Waals surface area contributed by atoms with E-state index >= 15 is 0 Å². The summed E-state index contributed by atoms with van der Waals surface area (Å²) in [4.78, 5) is 12.5. The average molecular weight is 352 g/mol. The lowest BCUT2D eigenvalue weighted by Gasteiger charge is -2.39. The van der Waals surface area contributed by atoms with Gasteiger partial charge in [0.05, 0.1) is 11.3 Å². The zero-order chi connectivity index (χ0) is 17.8. The molecule has 2 saturated carbocycles. The van der Waals surface area contributed by atoms with Crippen LogP contribution in [-0.4, -0.2) is 37.9 Å². The number of amides is 1. The Kier molecular flexibility index (Phi) is 4.21. The van der Waals surface area contributed by atoms with Gasteiger partial charge in [-0.2, -0.15) is 0 Å². The first-order chi connectivity index (χ1) is 11.1. The van der Waals surface area contributed by atoms with Gasteiger partial charge in [-0.15, -0.1) is 5.10 Å². The molecular formula is C17H29N5OS. The Morgan fingerprint density at radius 1 is 1.38 bits per heavy atom. The maximum absolute atomic E-state index is 12.5. The summed E-state index contributed by atoms with van der Waals surface area (Å²) in [6, 6.07) is 0.290. The molecular weight excluding hydrogens is 322 g/mol. The standard InChI is InChI=1S/C17H29N5OS/c1-15(2,3)22-14(19-20-21-22)24-10-13(23)18-12-9-11-7-8-17(12,6)16(11,4)5/h11-12H,7-10H2,1-6H3,(H,18,23). The number of rotatable bonds is 4. The number of nitrogens with zero attached hydrogens (tertiary/aromatic N) is 4. The van der Waals surface area contributed by atoms with Crippen LogP contribution in [-0.2, 0) is 10.3 Å². The molecule has 0 aliphatic heterocycles. The number of thioether (sulfide) groups is 1. The van der Waals surface area contributed by atoms with Crippen LogP contribution in [0.2, 0.25) is 0 Å². The molecule has 134 valence electrons. The Morgan fingerprint density at radius 3 is 2.62 bits per heavy atom. The lowest BCUT2D eigenvalue weighted by Crippen LogP contribution is -2.47. The summed E-state index contributed by atoms with van der Waals surface area (Å²) in [7, 11) is 0. The third-order valence-electron chi connectivity index (χ3n) is 6.54. The van der Waals surface area contributed by atoms with E-state index in [2.05, 4.69) is 41.6 Å². The van der Waals surface area contributed by atoms with Crippen LogP contribution in [0.1, 0.15) is 60.8 Å². The molecule has 7 heteroatoms. The topological polar surface area (TPSA) is 72.7 Å². The van der Waals surface area contributed by atoms with E-state index in [1.54, 1.807) is 4.68 Å². The third kappa shape index (κ3) is 2.74. The fraction of sp³-hybridized carbons (Fsp3) is 0.882. The smallest absolute Gasteiger partial charge is 0.230 e. The van der Waals surface area contributed by atoms with Crippen LogP contribution in [0.25, 0.3) is 0 Å². The van der Waals surface area contributed by atoms with Gasteiger partial charge in [0.15, 0.2) is 0 Å². The summed E-state index contributed by atoms with van der Waals surface area (Å²) >= 11 is 1.41. The highest BCUT2D eigenvalue weighted by Gasteiger charge is 2.61. The minimum atomic E-state index is -0.190. The van der Waals surface area contributed by atoms with Crippen molar-refractivity contribution in [3.05, 3.63) is 0 Å². The van der Waals surface area contributed by atoms with E-state index in [-0.39, 0.29) is 22.9 Å². The van der Waals surface area contributed by atoms with Crippen molar-refractivity contribution in [3.63, 3.8) is 0 Å². The van der Waals surface area contributed by atoms with Crippen molar-refractivity contribution in [1.82, 2.24) is 25.5 Å². The second-order valence-corrected chi connectivity index (χ2v) is 10.0. The number of hydrogen-bond donors (Lipinski definition) is 1. The molecule has 0 aromatic carbocycles. The summed E-state index contributed by atoms with van der Waals surface area (Å²) < 4.78 is 1.77. The minimum Gasteiger partial charge on any atom is -0.352 e. The second kappa shape index (κ2) is 5.71. The van der Waals surface area contributed by atoms with Crippen molar-refractivity contribution in [2.75, 3.05) is 5.75 Å². The zero-order valence-electron chi connectivity index (χ0n) is 15.6. The van der Waals surface area contributed by atoms with Crippen molar-refractivity contribution in [2.45, 2.75) is 77.5 Å². The summed E-state index contributed by atoms with van der Waals surface area (Å²) in [6.07, 6.45) is 3.62. The van der Waals surface area contributed by atoms with Crippen LogP contribution >= 0.6 is 11.8 Å². The van der Waals surface area contributed by atoms with Gasteiger partial charge in [-0.25, -0.2) is 4.68 Å². The zero-order valence-corrected chi connectivity index (χ0v) is 16.4. The highest BCUT2D eigenvalue weighted by atomic mass is 32.2. The largest absolute Gasteiger partial charge is 0.352 e. The number of hydrogen-bond acceptors (Lipinski definition) is 5. The summed E-state index contributed by atoms with van der Waals surface area (Å²) in [5.41, 5.74) is 0.337. The predicted octanol–water partition coefficient (Wildman–Crippen LogP) is 2.85. The van der Waals surface area contributed by atoms with E-state index < -0.39 is 0 Å². The van der Waals surface area contributed by atoms with Crippen LogP contribution in [0.15, 0.2) is 5.16 Å². The van der Waals surface area contributed by atoms with Gasteiger partial charge in [0.1, 0.15) is 0 Å². The minimum absolute atomic E-state index is 0.0815. The highest BCUT2D eigenvalue weighted by Crippen LogP contribution is 2.65. The first-order valence-electron chi connectivity index (χ1n) is 8.77. The van der Waals surface area contributed by atoms with E-state index in [1.165, 1.54) is 24.6 Å². The molecule has 2 aliphatic carbocycles. The molecule has 2 fully saturated rings.